The summed E-state index contributed by atoms with van der Waals surface area (Å²) < 4.78 is 4.97. The van der Waals surface area contributed by atoms with Gasteiger partial charge < -0.3 is 19.9 Å². The molecule has 1 N–H and O–H groups in total. The summed E-state index contributed by atoms with van der Waals surface area (Å²) in [5.41, 5.74) is 0.372. The van der Waals surface area contributed by atoms with Gasteiger partial charge in [0.15, 0.2) is 6.10 Å². The summed E-state index contributed by atoms with van der Waals surface area (Å²) in [7, 11) is 0. The first kappa shape index (κ1) is 17.3. The highest BCUT2D eigenvalue weighted by atomic mass is 16.5. The molecule has 25 heavy (non-hydrogen) atoms. The second kappa shape index (κ2) is 6.74. The molecule has 0 unspecified atom stereocenters. The van der Waals surface area contributed by atoms with E-state index in [0.29, 0.717) is 32.6 Å². The van der Waals surface area contributed by atoms with Crippen molar-refractivity contribution in [1.82, 2.24) is 10.2 Å². The molecule has 134 valence electrons. The van der Waals surface area contributed by atoms with Gasteiger partial charge in [-0.2, -0.15) is 0 Å². The van der Waals surface area contributed by atoms with Crippen LogP contribution in [0, 0.1) is 0 Å². The van der Waals surface area contributed by atoms with Crippen molar-refractivity contribution in [2.45, 2.75) is 38.3 Å². The van der Waals surface area contributed by atoms with Crippen LogP contribution in [0.15, 0.2) is 30.3 Å². The summed E-state index contributed by atoms with van der Waals surface area (Å²) in [6.07, 6.45) is 0.299. The van der Waals surface area contributed by atoms with Crippen molar-refractivity contribution in [1.29, 1.82) is 0 Å². The van der Waals surface area contributed by atoms with Crippen LogP contribution in [-0.4, -0.2) is 54.1 Å². The third-order valence-corrected chi connectivity index (χ3v) is 5.00. The quantitative estimate of drug-likeness (QED) is 0.823. The zero-order valence-electron chi connectivity index (χ0n) is 14.5. The number of para-hydroxylation sites is 1. The Morgan fingerprint density at radius 3 is 2.44 bits per heavy atom. The maximum absolute atomic E-state index is 12.6. The van der Waals surface area contributed by atoms with Crippen molar-refractivity contribution in [3.05, 3.63) is 30.3 Å². The summed E-state index contributed by atoms with van der Waals surface area (Å²) in [5, 5.41) is 2.94. The second-order valence-corrected chi connectivity index (χ2v) is 6.54. The van der Waals surface area contributed by atoms with Crippen molar-refractivity contribution in [2.24, 2.45) is 0 Å². The monoisotopic (exact) mass is 345 g/mol. The molecule has 0 aliphatic carbocycles. The molecule has 2 fully saturated rings. The molecule has 3 rings (SSSR count). The Bertz CT molecular complexity index is 668. The number of carbonyl (C=O) groups excluding carboxylic acids is 3. The molecule has 7 heteroatoms. The summed E-state index contributed by atoms with van der Waals surface area (Å²) in [4.78, 5) is 39.8. The van der Waals surface area contributed by atoms with Crippen LogP contribution in [0.4, 0.5) is 5.69 Å². The third-order valence-electron chi connectivity index (χ3n) is 5.00. The molecule has 1 atom stereocenters. The molecule has 2 aliphatic heterocycles. The van der Waals surface area contributed by atoms with E-state index in [2.05, 4.69) is 10.2 Å². The van der Waals surface area contributed by atoms with E-state index >= 15 is 0 Å². The van der Waals surface area contributed by atoms with Gasteiger partial charge in [0, 0.05) is 25.7 Å². The molecule has 2 aliphatic rings. The Morgan fingerprint density at radius 2 is 1.84 bits per heavy atom. The number of amides is 2. The van der Waals surface area contributed by atoms with Crippen LogP contribution < -0.4 is 10.2 Å². The molecule has 2 heterocycles. The largest absolute Gasteiger partial charge is 0.453 e. The lowest BCUT2D eigenvalue weighted by atomic mass is 9.85. The maximum Gasteiger partial charge on any atom is 0.303 e. The van der Waals surface area contributed by atoms with Gasteiger partial charge in [-0.05, 0) is 31.9 Å². The van der Waals surface area contributed by atoms with Crippen molar-refractivity contribution in [3.63, 3.8) is 0 Å². The third kappa shape index (κ3) is 3.18. The van der Waals surface area contributed by atoms with Gasteiger partial charge in [-0.25, -0.2) is 0 Å². The summed E-state index contributed by atoms with van der Waals surface area (Å²) in [6.45, 7) is 4.26. The number of benzene rings is 1. The van der Waals surface area contributed by atoms with Crippen LogP contribution in [0.3, 0.4) is 0 Å². The van der Waals surface area contributed by atoms with Crippen LogP contribution in [0.2, 0.25) is 0 Å². The van der Waals surface area contributed by atoms with Gasteiger partial charge in [0.25, 0.3) is 5.91 Å². The number of esters is 1. The zero-order chi connectivity index (χ0) is 18.0. The minimum absolute atomic E-state index is 0.0106. The number of likely N-dealkylation sites (tertiary alicyclic amines) is 1. The fourth-order valence-electron chi connectivity index (χ4n) is 3.69. The Kier molecular flexibility index (Phi) is 4.65. The highest BCUT2D eigenvalue weighted by molar-refractivity contribution is 5.94. The minimum atomic E-state index is -0.797. The van der Waals surface area contributed by atoms with E-state index in [4.69, 9.17) is 4.74 Å². The van der Waals surface area contributed by atoms with Crippen LogP contribution in [0.1, 0.15) is 26.7 Å². The first-order valence-corrected chi connectivity index (χ1v) is 8.51. The summed E-state index contributed by atoms with van der Waals surface area (Å²) >= 11 is 0. The average molecular weight is 345 g/mol. The fraction of sp³-hybridized carbons (Fsp3) is 0.500. The first-order valence-electron chi connectivity index (χ1n) is 8.51. The average Bonchev–Trinajstić information content (AvgIpc) is 2.91. The number of carbonyl (C=O) groups is 3. The van der Waals surface area contributed by atoms with Gasteiger partial charge in [0.1, 0.15) is 5.54 Å². The Labute approximate surface area is 146 Å². The van der Waals surface area contributed by atoms with Gasteiger partial charge in [-0.1, -0.05) is 18.2 Å². The number of nitrogens with zero attached hydrogens (tertiary/aromatic N) is 2. The Balaban J connectivity index is 1.72. The number of nitrogens with one attached hydrogen (secondary N) is 1. The molecule has 0 radical (unpaired) electrons. The number of hydrogen-bond acceptors (Lipinski definition) is 5. The molecule has 0 saturated carbocycles. The summed E-state index contributed by atoms with van der Waals surface area (Å²) in [6, 6.07) is 9.82. The number of piperidine rings is 1. The predicted octanol–water partition coefficient (Wildman–Crippen LogP) is 0.893. The van der Waals surface area contributed by atoms with Crippen LogP contribution in [-0.2, 0) is 19.1 Å². The highest BCUT2D eigenvalue weighted by Crippen LogP contribution is 2.36. The van der Waals surface area contributed by atoms with E-state index in [9.17, 15) is 14.4 Å². The molecule has 2 amide bonds. The van der Waals surface area contributed by atoms with Crippen LogP contribution in [0.25, 0.3) is 0 Å². The van der Waals surface area contributed by atoms with E-state index in [-0.39, 0.29) is 11.8 Å². The highest BCUT2D eigenvalue weighted by Gasteiger charge is 2.51. The molecule has 1 aromatic rings. The van der Waals surface area contributed by atoms with E-state index in [1.165, 1.54) is 6.92 Å². The lowest BCUT2D eigenvalue weighted by molar-refractivity contribution is -0.158. The maximum atomic E-state index is 12.6. The molecule has 2 saturated heterocycles. The van der Waals surface area contributed by atoms with Crippen LogP contribution >= 0.6 is 0 Å². The molecule has 1 aromatic carbocycles. The van der Waals surface area contributed by atoms with Crippen molar-refractivity contribution in [2.75, 3.05) is 24.7 Å². The van der Waals surface area contributed by atoms with Gasteiger partial charge in [-0.3, -0.25) is 14.4 Å². The van der Waals surface area contributed by atoms with E-state index < -0.39 is 17.6 Å². The van der Waals surface area contributed by atoms with Gasteiger partial charge in [-0.15, -0.1) is 0 Å². The molecular formula is C18H23N3O4. The molecule has 0 aromatic heterocycles. The first-order chi connectivity index (χ1) is 11.9. The van der Waals surface area contributed by atoms with Gasteiger partial charge in [0.2, 0.25) is 5.91 Å². The number of rotatable bonds is 3. The zero-order valence-corrected chi connectivity index (χ0v) is 14.5. The smallest absolute Gasteiger partial charge is 0.303 e. The topological polar surface area (TPSA) is 79.0 Å². The molecule has 0 bridgehead atoms. The molecular weight excluding hydrogens is 322 g/mol. The lowest BCUT2D eigenvalue weighted by Crippen LogP contribution is -2.58. The van der Waals surface area contributed by atoms with E-state index in [1.54, 1.807) is 11.8 Å². The SMILES string of the molecule is CC(=O)O[C@@H](C)C(=O)N1CCC2(CC1)C(=O)NCN2c1ccccc1. The van der Waals surface area contributed by atoms with E-state index in [1.807, 2.05) is 30.3 Å². The predicted molar refractivity (Wildman–Crippen MR) is 91.7 cm³/mol. The number of ether oxygens (including phenoxy) is 1. The second-order valence-electron chi connectivity index (χ2n) is 6.54. The fourth-order valence-corrected chi connectivity index (χ4v) is 3.69. The normalized spacial score (nSPS) is 20.3. The van der Waals surface area contributed by atoms with E-state index in [0.717, 1.165) is 5.69 Å². The van der Waals surface area contributed by atoms with Crippen molar-refractivity contribution >= 4 is 23.5 Å². The standard InChI is InChI=1S/C18H23N3O4/c1-13(25-14(2)22)16(23)20-10-8-18(9-11-20)17(24)19-12-21(18)15-6-4-3-5-7-15/h3-7,13H,8-12H2,1-2H3,(H,19,24)/t13-/m0/s1. The molecule has 7 nitrogen and oxygen atoms in total. The van der Waals surface area contributed by atoms with Crippen molar-refractivity contribution < 1.29 is 19.1 Å². The number of anilines is 1. The van der Waals surface area contributed by atoms with Gasteiger partial charge >= 0.3 is 5.97 Å². The Morgan fingerprint density at radius 1 is 1.20 bits per heavy atom. The summed E-state index contributed by atoms with van der Waals surface area (Å²) in [5.74, 6) is -0.675. The molecule has 1 spiro atoms. The lowest BCUT2D eigenvalue weighted by Gasteiger charge is -2.43. The van der Waals surface area contributed by atoms with Gasteiger partial charge in [0.05, 0.1) is 6.67 Å². The number of hydrogen-bond donors (Lipinski definition) is 1. The van der Waals surface area contributed by atoms with Crippen molar-refractivity contribution in [3.8, 4) is 0 Å². The van der Waals surface area contributed by atoms with Crippen LogP contribution in [0.5, 0.6) is 0 Å². The minimum Gasteiger partial charge on any atom is -0.453 e. The Hall–Kier alpha value is -2.57.